The van der Waals surface area contributed by atoms with Crippen molar-refractivity contribution in [2.75, 3.05) is 152 Å². The molecule has 6 N–H and O–H groups in total. The van der Waals surface area contributed by atoms with Gasteiger partial charge < -0.3 is 59.5 Å². The molecule has 3 aliphatic rings. The zero-order valence-corrected chi connectivity index (χ0v) is 71.4. The molecule has 620 valence electrons. The molecule has 32 heteroatoms. The molecule has 3 heterocycles. The van der Waals surface area contributed by atoms with E-state index in [1.54, 1.807) is 72.8 Å². The Balaban J connectivity index is 0.636. The summed E-state index contributed by atoms with van der Waals surface area (Å²) in [7, 11) is -5.31. The Morgan fingerprint density at radius 2 is 0.752 bits per heavy atom. The van der Waals surface area contributed by atoms with Gasteiger partial charge in [-0.1, -0.05) is 106 Å². The number of hydrogen-bond donors (Lipinski definition) is 5. The van der Waals surface area contributed by atoms with Gasteiger partial charge in [0, 0.05) is 164 Å². The lowest BCUT2D eigenvalue weighted by Gasteiger charge is -2.33. The second-order valence-electron chi connectivity index (χ2n) is 29.3. The molecule has 0 bridgehead atoms. The third-order valence-electron chi connectivity index (χ3n) is 20.3. The third-order valence-corrected chi connectivity index (χ3v) is 26.7. The van der Waals surface area contributed by atoms with Gasteiger partial charge in [0.2, 0.25) is 20.0 Å². The summed E-state index contributed by atoms with van der Waals surface area (Å²) in [5.74, 6) is -0.339. The lowest BCUT2D eigenvalue weighted by atomic mass is 9.84. The Hall–Kier alpha value is -4.96. The second-order valence-corrected chi connectivity index (χ2v) is 37.4. The minimum Gasteiger partial charge on any atom is -0.379 e. The maximum atomic E-state index is 13.5. The van der Waals surface area contributed by atoms with E-state index in [1.165, 1.54) is 0 Å². The van der Waals surface area contributed by atoms with E-state index in [-0.39, 0.29) is 161 Å². The number of nitrogens with two attached hydrogens (primary N) is 1. The molecule has 3 atom stereocenters. The van der Waals surface area contributed by atoms with Crippen molar-refractivity contribution in [3.05, 3.63) is 189 Å². The van der Waals surface area contributed by atoms with Gasteiger partial charge in [0.15, 0.2) is 9.84 Å². The van der Waals surface area contributed by atoms with Gasteiger partial charge in [-0.15, -0.1) is 0 Å². The summed E-state index contributed by atoms with van der Waals surface area (Å²) >= 11 is 38.9. The Morgan fingerprint density at radius 3 is 1.15 bits per heavy atom. The number of benzene rings is 6. The molecule has 0 aliphatic carbocycles. The SMILES string of the molecule is CN1Cc2c(Cl)cc(Cl)cc2[C@H](c2cccc(S(=O)(=O)CCCOCCOCCNC(=O)NCCC(N)(CCCC(=O)CCCOCCOCCNS(=O)(=O)c3cccc([C@@H]4CN(C)Cc5c(Cl)cc(Cl)cc54)c3)CCCC(=O)CCCOCCOCCNS(=O)(=O)c3cccc([C@@H]4CN(C)Cc5c(Cl)cc(Cl)cc54)c3)c2)C1. The lowest BCUT2D eigenvalue weighted by Crippen LogP contribution is -2.45. The average molecular weight is 1740 g/mol. The van der Waals surface area contributed by atoms with E-state index in [4.69, 9.17) is 104 Å². The zero-order valence-electron chi connectivity index (χ0n) is 64.4. The van der Waals surface area contributed by atoms with Gasteiger partial charge in [0.1, 0.15) is 11.6 Å². The Morgan fingerprint density at radius 1 is 0.416 bits per heavy atom. The first-order chi connectivity index (χ1) is 54.1. The van der Waals surface area contributed by atoms with Gasteiger partial charge in [-0.05, 0) is 195 Å². The van der Waals surface area contributed by atoms with Crippen molar-refractivity contribution in [3.63, 3.8) is 0 Å². The molecule has 2 amide bonds. The predicted molar refractivity (Wildman–Crippen MR) is 444 cm³/mol. The number of nitrogens with zero attached hydrogens (tertiary/aromatic N) is 3. The number of likely N-dealkylation sites (N-methyl/N-ethyl adjacent to an activating group) is 3. The summed E-state index contributed by atoms with van der Waals surface area (Å²) in [5, 5.41) is 8.99. The highest BCUT2D eigenvalue weighted by Gasteiger charge is 2.33. The number of carbonyl (C=O) groups is 3. The van der Waals surface area contributed by atoms with Crippen molar-refractivity contribution in [2.24, 2.45) is 5.73 Å². The minimum absolute atomic E-state index is 0.0513. The van der Waals surface area contributed by atoms with Gasteiger partial charge >= 0.3 is 6.03 Å². The molecule has 0 radical (unpaired) electrons. The quantitative estimate of drug-likeness (QED) is 0.0222. The van der Waals surface area contributed by atoms with Crippen LogP contribution in [0.25, 0.3) is 0 Å². The summed E-state index contributed by atoms with van der Waals surface area (Å²) < 4.78 is 120. The summed E-state index contributed by atoms with van der Waals surface area (Å²) in [6, 6.07) is 31.3. The van der Waals surface area contributed by atoms with E-state index >= 15 is 0 Å². The number of sulfonamides is 2. The van der Waals surface area contributed by atoms with Crippen LogP contribution in [-0.4, -0.2) is 215 Å². The number of urea groups is 1. The Bertz CT molecular complexity index is 4070. The molecule has 0 saturated carbocycles. The van der Waals surface area contributed by atoms with Gasteiger partial charge in [0.05, 0.1) is 79.9 Å². The van der Waals surface area contributed by atoms with Crippen LogP contribution >= 0.6 is 69.6 Å². The summed E-state index contributed by atoms with van der Waals surface area (Å²) in [6.07, 6.45) is 4.79. The molecule has 23 nitrogen and oxygen atoms in total. The van der Waals surface area contributed by atoms with E-state index in [1.807, 2.05) is 57.5 Å². The molecule has 3 aliphatic heterocycles. The van der Waals surface area contributed by atoms with E-state index in [0.717, 1.165) is 50.1 Å². The van der Waals surface area contributed by atoms with Crippen LogP contribution in [0.2, 0.25) is 30.1 Å². The van der Waals surface area contributed by atoms with Crippen molar-refractivity contribution in [1.82, 2.24) is 34.8 Å². The van der Waals surface area contributed by atoms with E-state index in [9.17, 15) is 39.6 Å². The maximum absolute atomic E-state index is 13.5. The molecule has 6 aromatic carbocycles. The first-order valence-electron chi connectivity index (χ1n) is 38.4. The van der Waals surface area contributed by atoms with Crippen molar-refractivity contribution in [2.45, 2.75) is 135 Å². The highest BCUT2D eigenvalue weighted by molar-refractivity contribution is 7.91. The number of rotatable bonds is 49. The fraction of sp³-hybridized carbons (Fsp3) is 0.519. The number of ketones is 2. The molecule has 9 rings (SSSR count). The van der Waals surface area contributed by atoms with E-state index in [2.05, 4.69) is 34.8 Å². The first-order valence-corrected chi connectivity index (χ1v) is 45.3. The van der Waals surface area contributed by atoms with E-state index < -0.39 is 41.5 Å². The normalized spacial score (nSPS) is 16.4. The molecule has 113 heavy (non-hydrogen) atoms. The van der Waals surface area contributed by atoms with Crippen LogP contribution in [0.5, 0.6) is 0 Å². The Kier molecular flexibility index (Phi) is 36.8. The maximum Gasteiger partial charge on any atom is 0.314 e. The highest BCUT2D eigenvalue weighted by Crippen LogP contribution is 2.43. The van der Waals surface area contributed by atoms with Crippen molar-refractivity contribution in [3.8, 4) is 0 Å². The fourth-order valence-electron chi connectivity index (χ4n) is 14.6. The van der Waals surface area contributed by atoms with Crippen molar-refractivity contribution < 1.29 is 68.1 Å². The number of Topliss-reactive ketones (excluding diaryl/α,β-unsaturated/α-hetero) is 2. The van der Waals surface area contributed by atoms with Crippen LogP contribution in [0.15, 0.2) is 124 Å². The van der Waals surface area contributed by atoms with Crippen LogP contribution in [0.4, 0.5) is 4.79 Å². The summed E-state index contributed by atoms with van der Waals surface area (Å²) in [4.78, 5) is 46.1. The monoisotopic (exact) mass is 1740 g/mol. The van der Waals surface area contributed by atoms with Crippen LogP contribution < -0.4 is 25.8 Å². The molecular weight excluding hydrogens is 1630 g/mol. The third kappa shape index (κ3) is 28.9. The van der Waals surface area contributed by atoms with E-state index in [0.29, 0.717) is 140 Å². The number of amides is 2. The van der Waals surface area contributed by atoms with Crippen LogP contribution in [0, 0.1) is 0 Å². The van der Waals surface area contributed by atoms with Gasteiger partial charge in [0.25, 0.3) is 0 Å². The number of nitrogens with one attached hydrogen (secondary N) is 4. The van der Waals surface area contributed by atoms with Gasteiger partial charge in [-0.2, -0.15) is 0 Å². The number of fused-ring (bicyclic) bond motifs is 3. The number of halogens is 6. The number of sulfone groups is 1. The van der Waals surface area contributed by atoms with Crippen LogP contribution in [0.3, 0.4) is 0 Å². The number of ether oxygens (including phenoxy) is 6. The van der Waals surface area contributed by atoms with Crippen LogP contribution in [-0.2, 0) is 87.5 Å². The summed E-state index contributed by atoms with van der Waals surface area (Å²) in [6.45, 7) is 7.32. The first kappa shape index (κ1) is 91.9. The topological polar surface area (TPSA) is 293 Å². The fourth-order valence-corrected chi connectivity index (χ4v) is 19.8. The molecule has 0 saturated heterocycles. The second kappa shape index (κ2) is 45.3. The van der Waals surface area contributed by atoms with Crippen molar-refractivity contribution >= 4 is 117 Å². The molecule has 0 aromatic heterocycles. The zero-order chi connectivity index (χ0) is 81.1. The molecule has 0 spiro atoms. The predicted octanol–water partition coefficient (Wildman–Crippen LogP) is 13.0. The molecule has 0 fully saturated rings. The van der Waals surface area contributed by atoms with Crippen molar-refractivity contribution in [1.29, 1.82) is 0 Å². The standard InChI is InChI=1S/C81H106Cl6N8O15S3/c1-93-51-71(68-45-60(82)48-77(85)74(68)54-93)57-12-4-19-65(42-57)111(99,100)41-11-31-107-37-38-108-32-26-90-80(98)89-25-24-81(88,22-7-15-63(96)17-9-29-105-35-39-109-33-27-91-112(101,102)66-20-5-13-58(43-66)72-52-94(2)55-75-69(72)46-61(83)49-78(75)86)23-8-16-64(97)18-10-30-106-36-40-110-34-28-92-113(103,104)67-21-6-14-59(44-67)73-53-95(3)56-76-70(73)47-62(84)50-79(76)87/h4-6,12-14,19-21,42-50,71-73,91-92H,7-11,15-18,22-41,51-56,88H2,1-3H3,(H2,89,90,98)/t71-,72-,73-/m0/s1. The lowest BCUT2D eigenvalue weighted by molar-refractivity contribution is -0.120. The number of hydrogen-bond acceptors (Lipinski definition) is 19. The largest absolute Gasteiger partial charge is 0.379 e. The smallest absolute Gasteiger partial charge is 0.314 e. The average Bonchev–Trinajstić information content (AvgIpc) is 0.781. The molecular formula is C81H106Cl6N8O15S3. The molecule has 6 aromatic rings. The highest BCUT2D eigenvalue weighted by atomic mass is 35.5. The van der Waals surface area contributed by atoms with Crippen LogP contribution in [0.1, 0.15) is 145 Å². The Labute approximate surface area is 696 Å². The minimum atomic E-state index is -3.85. The van der Waals surface area contributed by atoms with Gasteiger partial charge in [-0.3, -0.25) is 9.59 Å². The van der Waals surface area contributed by atoms with Gasteiger partial charge in [-0.25, -0.2) is 39.5 Å². The number of carbonyl (C=O) groups excluding carboxylic acids is 3. The molecule has 0 unspecified atom stereocenters. The summed E-state index contributed by atoms with van der Waals surface area (Å²) in [5.41, 5.74) is 14.7.